The number of hydrogen-bond acceptors (Lipinski definition) is 5. The highest BCUT2D eigenvalue weighted by molar-refractivity contribution is 7.91. The van der Waals surface area contributed by atoms with E-state index in [9.17, 15) is 13.2 Å². The van der Waals surface area contributed by atoms with Crippen LogP contribution in [0.1, 0.15) is 6.42 Å². The molecule has 0 bridgehead atoms. The first kappa shape index (κ1) is 14.6. The van der Waals surface area contributed by atoms with Crippen molar-refractivity contribution < 1.29 is 12.8 Å². The molecular formula is C13H15ClN2O4S. The lowest BCUT2D eigenvalue weighted by Gasteiger charge is -2.22. The van der Waals surface area contributed by atoms with Crippen LogP contribution in [-0.4, -0.2) is 42.5 Å². The van der Waals surface area contributed by atoms with Gasteiger partial charge < -0.3 is 4.42 Å². The average molecular weight is 331 g/mol. The van der Waals surface area contributed by atoms with Gasteiger partial charge in [0.25, 0.3) is 0 Å². The largest absolute Gasteiger partial charge is 0.421 e. The Morgan fingerprint density at radius 2 is 2.24 bits per heavy atom. The molecule has 3 rings (SSSR count). The first-order valence-corrected chi connectivity index (χ1v) is 8.75. The standard InChI is InChI=1S/C13H15ClN2O4S/c1-15(10-4-5-21(18,19)7-10)8-16-11-3-2-9(14)6-12(11)20-13(16)17/h2-3,6,10H,4-5,7-8H2,1H3/t10-/m1/s1. The molecule has 0 amide bonds. The predicted octanol–water partition coefficient (Wildman–Crippen LogP) is 1.32. The molecule has 0 spiro atoms. The van der Waals surface area contributed by atoms with Crippen molar-refractivity contribution in [3.63, 3.8) is 0 Å². The molecule has 0 radical (unpaired) electrons. The molecule has 8 heteroatoms. The van der Waals surface area contributed by atoms with Crippen molar-refractivity contribution in [1.82, 2.24) is 9.47 Å². The molecule has 0 aliphatic carbocycles. The van der Waals surface area contributed by atoms with Crippen LogP contribution in [-0.2, 0) is 16.5 Å². The fourth-order valence-electron chi connectivity index (χ4n) is 2.64. The fraction of sp³-hybridized carbons (Fsp3) is 0.462. The number of fused-ring (bicyclic) bond motifs is 1. The van der Waals surface area contributed by atoms with E-state index in [1.54, 1.807) is 18.2 Å². The quantitative estimate of drug-likeness (QED) is 0.848. The molecule has 0 unspecified atom stereocenters. The number of halogens is 1. The van der Waals surface area contributed by atoms with E-state index in [1.165, 1.54) is 4.57 Å². The van der Waals surface area contributed by atoms with Crippen LogP contribution < -0.4 is 5.76 Å². The van der Waals surface area contributed by atoms with Crippen LogP contribution in [0.25, 0.3) is 11.1 Å². The number of rotatable bonds is 3. The molecule has 2 heterocycles. The Labute approximate surface area is 126 Å². The number of aromatic nitrogens is 1. The molecule has 6 nitrogen and oxygen atoms in total. The molecule has 21 heavy (non-hydrogen) atoms. The Morgan fingerprint density at radius 3 is 2.90 bits per heavy atom. The third kappa shape index (κ3) is 2.86. The van der Waals surface area contributed by atoms with Crippen LogP contribution in [0.5, 0.6) is 0 Å². The molecule has 1 aromatic carbocycles. The van der Waals surface area contributed by atoms with Crippen LogP contribution in [0.3, 0.4) is 0 Å². The molecule has 2 aromatic rings. The third-order valence-electron chi connectivity index (χ3n) is 3.83. The van der Waals surface area contributed by atoms with Crippen LogP contribution in [0.15, 0.2) is 27.4 Å². The summed E-state index contributed by atoms with van der Waals surface area (Å²) in [6, 6.07) is 4.94. The summed E-state index contributed by atoms with van der Waals surface area (Å²) in [5, 5.41) is 0.499. The van der Waals surface area contributed by atoms with Crippen LogP contribution in [0, 0.1) is 0 Å². The zero-order chi connectivity index (χ0) is 15.2. The lowest BCUT2D eigenvalue weighted by Crippen LogP contribution is -2.36. The van der Waals surface area contributed by atoms with Gasteiger partial charge in [-0.3, -0.25) is 9.47 Å². The molecule has 1 saturated heterocycles. The summed E-state index contributed by atoms with van der Waals surface area (Å²) < 4.78 is 29.7. The molecular weight excluding hydrogens is 316 g/mol. The lowest BCUT2D eigenvalue weighted by molar-refractivity contribution is 0.204. The van der Waals surface area contributed by atoms with Gasteiger partial charge in [0.2, 0.25) is 0 Å². The van der Waals surface area contributed by atoms with Crippen molar-refractivity contribution in [2.45, 2.75) is 19.1 Å². The molecule has 114 valence electrons. The fourth-order valence-corrected chi connectivity index (χ4v) is 4.60. The average Bonchev–Trinajstić information content (AvgIpc) is 2.90. The van der Waals surface area contributed by atoms with Gasteiger partial charge in [0.1, 0.15) is 0 Å². The van der Waals surface area contributed by atoms with Gasteiger partial charge in [0.15, 0.2) is 15.4 Å². The van der Waals surface area contributed by atoms with Gasteiger partial charge in [-0.15, -0.1) is 0 Å². The van der Waals surface area contributed by atoms with Crippen LogP contribution in [0.4, 0.5) is 0 Å². The van der Waals surface area contributed by atoms with E-state index in [0.717, 1.165) is 0 Å². The number of benzene rings is 1. The van der Waals surface area contributed by atoms with E-state index in [1.807, 2.05) is 11.9 Å². The Kier molecular flexibility index (Phi) is 3.59. The Balaban J connectivity index is 1.88. The zero-order valence-corrected chi connectivity index (χ0v) is 13.0. The summed E-state index contributed by atoms with van der Waals surface area (Å²) in [6.45, 7) is 0.285. The first-order valence-electron chi connectivity index (χ1n) is 6.55. The topological polar surface area (TPSA) is 72.5 Å². The smallest absolute Gasteiger partial charge is 0.408 e. The second-order valence-corrected chi connectivity index (χ2v) is 8.03. The Morgan fingerprint density at radius 1 is 1.48 bits per heavy atom. The van der Waals surface area contributed by atoms with Gasteiger partial charge >= 0.3 is 5.76 Å². The highest BCUT2D eigenvalue weighted by Crippen LogP contribution is 2.20. The maximum Gasteiger partial charge on any atom is 0.421 e. The maximum absolute atomic E-state index is 11.9. The lowest BCUT2D eigenvalue weighted by atomic mass is 10.2. The Bertz CT molecular complexity index is 839. The number of hydrogen-bond donors (Lipinski definition) is 0. The summed E-state index contributed by atoms with van der Waals surface area (Å²) in [6.07, 6.45) is 0.592. The predicted molar refractivity (Wildman–Crippen MR) is 80.3 cm³/mol. The van der Waals surface area contributed by atoms with Crippen molar-refractivity contribution >= 4 is 32.5 Å². The van der Waals surface area contributed by atoms with E-state index in [4.69, 9.17) is 16.0 Å². The summed E-state index contributed by atoms with van der Waals surface area (Å²) in [4.78, 5) is 13.8. The number of nitrogens with zero attached hydrogens (tertiary/aromatic N) is 2. The summed E-state index contributed by atoms with van der Waals surface area (Å²) in [7, 11) is -1.14. The summed E-state index contributed by atoms with van der Waals surface area (Å²) in [5.74, 6) is -0.127. The minimum absolute atomic E-state index is 0.0702. The van der Waals surface area contributed by atoms with E-state index in [0.29, 0.717) is 22.5 Å². The maximum atomic E-state index is 11.9. The van der Waals surface area contributed by atoms with Crippen molar-refractivity contribution in [3.8, 4) is 0 Å². The van der Waals surface area contributed by atoms with Crippen LogP contribution >= 0.6 is 11.6 Å². The van der Waals surface area contributed by atoms with E-state index in [2.05, 4.69) is 0 Å². The van der Waals surface area contributed by atoms with Crippen molar-refractivity contribution in [3.05, 3.63) is 33.8 Å². The number of sulfone groups is 1. The SMILES string of the molecule is CN(Cn1c(=O)oc2cc(Cl)ccc21)[C@@H]1CCS(=O)(=O)C1. The second kappa shape index (κ2) is 5.15. The van der Waals surface area contributed by atoms with Crippen LogP contribution in [0.2, 0.25) is 5.02 Å². The molecule has 0 saturated carbocycles. The van der Waals surface area contributed by atoms with Gasteiger partial charge in [-0.2, -0.15) is 0 Å². The zero-order valence-electron chi connectivity index (χ0n) is 11.5. The van der Waals surface area contributed by atoms with Gasteiger partial charge in [0.05, 0.1) is 23.7 Å². The molecule has 1 aliphatic heterocycles. The van der Waals surface area contributed by atoms with Crippen molar-refractivity contribution in [2.75, 3.05) is 18.6 Å². The molecule has 1 aromatic heterocycles. The molecule has 1 fully saturated rings. The molecule has 1 aliphatic rings. The van der Waals surface area contributed by atoms with Crippen molar-refractivity contribution in [2.24, 2.45) is 0 Å². The van der Waals surface area contributed by atoms with Gasteiger partial charge in [-0.05, 0) is 25.6 Å². The summed E-state index contributed by atoms with van der Waals surface area (Å²) >= 11 is 5.87. The summed E-state index contributed by atoms with van der Waals surface area (Å²) in [5.41, 5.74) is 1.08. The minimum atomic E-state index is -2.95. The normalized spacial score (nSPS) is 21.4. The third-order valence-corrected chi connectivity index (χ3v) is 5.81. The first-order chi connectivity index (χ1) is 9.85. The molecule has 1 atom stereocenters. The highest BCUT2D eigenvalue weighted by atomic mass is 35.5. The van der Waals surface area contributed by atoms with E-state index >= 15 is 0 Å². The second-order valence-electron chi connectivity index (χ2n) is 5.36. The van der Waals surface area contributed by atoms with Gasteiger partial charge in [-0.1, -0.05) is 11.6 Å². The monoisotopic (exact) mass is 330 g/mol. The highest BCUT2D eigenvalue weighted by Gasteiger charge is 2.31. The van der Waals surface area contributed by atoms with Gasteiger partial charge in [-0.25, -0.2) is 13.2 Å². The molecule has 0 N–H and O–H groups in total. The Hall–Kier alpha value is -1.31. The van der Waals surface area contributed by atoms with Gasteiger partial charge in [0, 0.05) is 17.1 Å². The van der Waals surface area contributed by atoms with Crippen molar-refractivity contribution in [1.29, 1.82) is 0 Å². The van der Waals surface area contributed by atoms with E-state index in [-0.39, 0.29) is 24.2 Å². The van der Waals surface area contributed by atoms with E-state index < -0.39 is 15.6 Å². The minimum Gasteiger partial charge on any atom is -0.408 e. The number of oxazole rings is 1.